The van der Waals surface area contributed by atoms with E-state index < -0.39 is 0 Å². The van der Waals surface area contributed by atoms with Crippen molar-refractivity contribution in [3.05, 3.63) is 59.7 Å². The average Bonchev–Trinajstić information content (AvgIpc) is 3.33. The third-order valence-corrected chi connectivity index (χ3v) is 4.10. The molecule has 1 amide bonds. The van der Waals surface area contributed by atoms with E-state index in [-0.39, 0.29) is 5.91 Å². The zero-order valence-electron chi connectivity index (χ0n) is 13.3. The zero-order chi connectivity index (χ0) is 16.5. The molecule has 2 aromatic carbocycles. The number of carbonyl (C=O) groups is 1. The Morgan fingerprint density at radius 1 is 1.08 bits per heavy atom. The van der Waals surface area contributed by atoms with Crippen molar-refractivity contribution in [1.29, 1.82) is 0 Å². The monoisotopic (exact) mass is 319 g/mol. The number of nitrogens with one attached hydrogen (secondary N) is 1. The molecule has 0 unspecified atom stereocenters. The van der Waals surface area contributed by atoms with Gasteiger partial charge in [0.25, 0.3) is 5.91 Å². The molecule has 1 saturated carbocycles. The van der Waals surface area contributed by atoms with Crippen LogP contribution in [0.1, 0.15) is 34.8 Å². The van der Waals surface area contributed by atoms with Crippen LogP contribution >= 0.6 is 0 Å². The van der Waals surface area contributed by atoms with Gasteiger partial charge in [-0.1, -0.05) is 17.7 Å². The number of aromatic nitrogens is 4. The van der Waals surface area contributed by atoms with Gasteiger partial charge in [-0.3, -0.25) is 4.79 Å². The number of nitrogens with zero attached hydrogens (tertiary/aromatic N) is 4. The van der Waals surface area contributed by atoms with Gasteiger partial charge in [-0.15, -0.1) is 5.10 Å². The molecule has 1 fully saturated rings. The fourth-order valence-corrected chi connectivity index (χ4v) is 2.56. The number of amides is 1. The van der Waals surface area contributed by atoms with Crippen molar-refractivity contribution in [2.24, 2.45) is 0 Å². The normalized spacial score (nSPS) is 13.7. The van der Waals surface area contributed by atoms with Crippen LogP contribution in [0, 0.1) is 6.92 Å². The molecule has 3 aromatic rings. The molecule has 0 atom stereocenters. The van der Waals surface area contributed by atoms with Gasteiger partial charge in [0.2, 0.25) is 0 Å². The number of carbonyl (C=O) groups excluding carboxylic acids is 1. The highest BCUT2D eigenvalue weighted by atomic mass is 16.1. The Balaban J connectivity index is 1.50. The highest BCUT2D eigenvalue weighted by Gasteiger charge is 2.28. The van der Waals surface area contributed by atoms with Gasteiger partial charge in [-0.05, 0) is 66.6 Å². The Bertz CT molecular complexity index is 863. The summed E-state index contributed by atoms with van der Waals surface area (Å²) in [7, 11) is 0. The fourth-order valence-electron chi connectivity index (χ4n) is 2.56. The van der Waals surface area contributed by atoms with E-state index in [0.29, 0.717) is 11.6 Å². The van der Waals surface area contributed by atoms with E-state index in [1.54, 1.807) is 0 Å². The summed E-state index contributed by atoms with van der Waals surface area (Å²) in [5, 5.41) is 14.8. The van der Waals surface area contributed by atoms with E-state index in [1.165, 1.54) is 0 Å². The summed E-state index contributed by atoms with van der Waals surface area (Å²) in [5.41, 5.74) is 3.46. The van der Waals surface area contributed by atoms with Crippen LogP contribution < -0.4 is 5.32 Å². The van der Waals surface area contributed by atoms with Gasteiger partial charge >= 0.3 is 0 Å². The van der Waals surface area contributed by atoms with Gasteiger partial charge in [0.1, 0.15) is 0 Å². The van der Waals surface area contributed by atoms with E-state index in [1.807, 2.05) is 60.1 Å². The van der Waals surface area contributed by atoms with Gasteiger partial charge < -0.3 is 5.32 Å². The largest absolute Gasteiger partial charge is 0.322 e. The van der Waals surface area contributed by atoms with E-state index >= 15 is 0 Å². The molecule has 1 aliphatic carbocycles. The minimum Gasteiger partial charge on any atom is -0.322 e. The highest BCUT2D eigenvalue weighted by Crippen LogP contribution is 2.36. The van der Waals surface area contributed by atoms with Crippen molar-refractivity contribution in [2.75, 3.05) is 5.32 Å². The van der Waals surface area contributed by atoms with Crippen LogP contribution in [0.5, 0.6) is 0 Å². The van der Waals surface area contributed by atoms with E-state index in [4.69, 9.17) is 0 Å². The smallest absolute Gasteiger partial charge is 0.255 e. The first-order valence-electron chi connectivity index (χ1n) is 7.97. The van der Waals surface area contributed by atoms with Gasteiger partial charge in [-0.25, -0.2) is 4.68 Å². The molecule has 0 bridgehead atoms. The lowest BCUT2D eigenvalue weighted by molar-refractivity contribution is 0.102. The van der Waals surface area contributed by atoms with Crippen molar-refractivity contribution in [2.45, 2.75) is 25.8 Å². The van der Waals surface area contributed by atoms with Crippen LogP contribution in [0.15, 0.2) is 48.5 Å². The van der Waals surface area contributed by atoms with Gasteiger partial charge in [0.15, 0.2) is 5.82 Å². The van der Waals surface area contributed by atoms with Crippen LogP contribution in [-0.4, -0.2) is 26.1 Å². The molecule has 6 heteroatoms. The fraction of sp³-hybridized carbons (Fsp3) is 0.222. The van der Waals surface area contributed by atoms with Crippen LogP contribution in [-0.2, 0) is 0 Å². The highest BCUT2D eigenvalue weighted by molar-refractivity contribution is 6.04. The SMILES string of the molecule is Cc1ccc(C(=O)Nc2ccc(-c3nnnn3C3CC3)cc2)cc1. The Kier molecular flexibility index (Phi) is 3.57. The van der Waals surface area contributed by atoms with Crippen LogP contribution in [0.4, 0.5) is 5.69 Å². The number of rotatable bonds is 4. The molecule has 1 aliphatic rings. The van der Waals surface area contributed by atoms with Gasteiger partial charge in [0.05, 0.1) is 6.04 Å². The molecular formula is C18H17N5O. The molecule has 6 nitrogen and oxygen atoms in total. The van der Waals surface area contributed by atoms with Crippen molar-refractivity contribution >= 4 is 11.6 Å². The molecule has 120 valence electrons. The van der Waals surface area contributed by atoms with Crippen molar-refractivity contribution in [3.63, 3.8) is 0 Å². The number of hydrogen-bond acceptors (Lipinski definition) is 4. The summed E-state index contributed by atoms with van der Waals surface area (Å²) in [6, 6.07) is 15.5. The molecule has 0 spiro atoms. The topological polar surface area (TPSA) is 72.7 Å². The number of benzene rings is 2. The molecule has 1 aromatic heterocycles. The predicted molar refractivity (Wildman–Crippen MR) is 90.7 cm³/mol. The molecule has 0 aliphatic heterocycles. The minimum atomic E-state index is -0.120. The quantitative estimate of drug-likeness (QED) is 0.801. The molecule has 0 radical (unpaired) electrons. The first-order valence-corrected chi connectivity index (χ1v) is 7.97. The summed E-state index contributed by atoms with van der Waals surface area (Å²) in [4.78, 5) is 12.2. The van der Waals surface area contributed by atoms with Crippen LogP contribution in [0.2, 0.25) is 0 Å². The third-order valence-electron chi connectivity index (χ3n) is 4.10. The lowest BCUT2D eigenvalue weighted by Gasteiger charge is -2.07. The van der Waals surface area contributed by atoms with Gasteiger partial charge in [0, 0.05) is 16.8 Å². The Hall–Kier alpha value is -3.02. The summed E-state index contributed by atoms with van der Waals surface area (Å²) >= 11 is 0. The molecule has 4 rings (SSSR count). The van der Waals surface area contributed by atoms with Crippen molar-refractivity contribution in [1.82, 2.24) is 20.2 Å². The average molecular weight is 319 g/mol. The third kappa shape index (κ3) is 2.90. The summed E-state index contributed by atoms with van der Waals surface area (Å²) < 4.78 is 1.87. The van der Waals surface area contributed by atoms with E-state index in [2.05, 4.69) is 20.8 Å². The molecule has 24 heavy (non-hydrogen) atoms. The number of aryl methyl sites for hydroxylation is 1. The van der Waals surface area contributed by atoms with Crippen molar-refractivity contribution in [3.8, 4) is 11.4 Å². The molecule has 1 heterocycles. The zero-order valence-corrected chi connectivity index (χ0v) is 13.3. The molecule has 1 N–H and O–H groups in total. The summed E-state index contributed by atoms with van der Waals surface area (Å²) in [5.74, 6) is 0.652. The molecular weight excluding hydrogens is 302 g/mol. The maximum absolute atomic E-state index is 12.2. The number of anilines is 1. The van der Waals surface area contributed by atoms with Crippen LogP contribution in [0.3, 0.4) is 0 Å². The Morgan fingerprint density at radius 2 is 1.79 bits per heavy atom. The van der Waals surface area contributed by atoms with Crippen LogP contribution in [0.25, 0.3) is 11.4 Å². The minimum absolute atomic E-state index is 0.120. The Labute approximate surface area is 139 Å². The van der Waals surface area contributed by atoms with Gasteiger partial charge in [-0.2, -0.15) is 0 Å². The predicted octanol–water partition coefficient (Wildman–Crippen LogP) is 3.24. The second-order valence-corrected chi connectivity index (χ2v) is 6.08. The number of hydrogen-bond donors (Lipinski definition) is 1. The Morgan fingerprint density at radius 3 is 2.46 bits per heavy atom. The lowest BCUT2D eigenvalue weighted by atomic mass is 10.1. The second kappa shape index (κ2) is 5.88. The maximum atomic E-state index is 12.2. The first-order chi connectivity index (χ1) is 11.7. The number of tetrazole rings is 1. The van der Waals surface area contributed by atoms with Crippen molar-refractivity contribution < 1.29 is 4.79 Å². The first kappa shape index (κ1) is 14.6. The maximum Gasteiger partial charge on any atom is 0.255 e. The van der Waals surface area contributed by atoms with E-state index in [9.17, 15) is 4.79 Å². The lowest BCUT2D eigenvalue weighted by Crippen LogP contribution is -2.11. The standard InChI is InChI=1S/C18H17N5O/c1-12-2-4-14(5-3-12)18(24)19-15-8-6-13(7-9-15)17-20-21-22-23(17)16-10-11-16/h2-9,16H,10-11H2,1H3,(H,19,24). The second-order valence-electron chi connectivity index (χ2n) is 6.08. The summed E-state index contributed by atoms with van der Waals surface area (Å²) in [6.07, 6.45) is 2.26. The summed E-state index contributed by atoms with van der Waals surface area (Å²) in [6.45, 7) is 2.00. The molecule has 0 saturated heterocycles. The van der Waals surface area contributed by atoms with E-state index in [0.717, 1.165) is 35.5 Å².